The third-order valence-corrected chi connectivity index (χ3v) is 4.23. The van der Waals surface area contributed by atoms with E-state index in [0.717, 1.165) is 5.56 Å². The highest BCUT2D eigenvalue weighted by molar-refractivity contribution is 7.12. The van der Waals surface area contributed by atoms with Crippen LogP contribution >= 0.6 is 11.3 Å². The maximum absolute atomic E-state index is 11.8. The lowest BCUT2D eigenvalue weighted by Gasteiger charge is -2.16. The molecule has 1 rings (SSSR count). The predicted molar refractivity (Wildman–Crippen MR) is 80.2 cm³/mol. The Morgan fingerprint density at radius 1 is 1.40 bits per heavy atom. The van der Waals surface area contributed by atoms with Crippen LogP contribution in [-0.4, -0.2) is 23.7 Å². The summed E-state index contributed by atoms with van der Waals surface area (Å²) in [4.78, 5) is 25.0. The molecule has 0 spiro atoms. The van der Waals surface area contributed by atoms with Gasteiger partial charge < -0.3 is 15.7 Å². The smallest absolute Gasteiger partial charge is 0.315 e. The van der Waals surface area contributed by atoms with Gasteiger partial charge in [-0.05, 0) is 38.8 Å². The number of rotatable bonds is 6. The van der Waals surface area contributed by atoms with Gasteiger partial charge in [-0.3, -0.25) is 4.79 Å². The van der Waals surface area contributed by atoms with E-state index in [4.69, 9.17) is 5.11 Å². The SMILES string of the molecule is CCC(CNC(=O)NC(C)c1cc(C)sc1C)C(=O)O. The molecular formula is C14H22N2O3S. The minimum absolute atomic E-state index is 0.0927. The summed E-state index contributed by atoms with van der Waals surface area (Å²) in [5.74, 6) is -1.42. The van der Waals surface area contributed by atoms with Crippen molar-refractivity contribution in [2.45, 2.75) is 40.2 Å². The fourth-order valence-electron chi connectivity index (χ4n) is 2.03. The van der Waals surface area contributed by atoms with E-state index in [9.17, 15) is 9.59 Å². The zero-order chi connectivity index (χ0) is 15.3. The van der Waals surface area contributed by atoms with Gasteiger partial charge in [0.25, 0.3) is 0 Å². The first-order valence-corrected chi connectivity index (χ1v) is 7.50. The highest BCUT2D eigenvalue weighted by Crippen LogP contribution is 2.25. The van der Waals surface area contributed by atoms with Crippen molar-refractivity contribution in [2.24, 2.45) is 5.92 Å². The molecule has 0 saturated heterocycles. The molecular weight excluding hydrogens is 276 g/mol. The Bertz CT molecular complexity index is 485. The lowest BCUT2D eigenvalue weighted by atomic mass is 10.1. The number of carbonyl (C=O) groups is 2. The van der Waals surface area contributed by atoms with Crippen LogP contribution < -0.4 is 10.6 Å². The van der Waals surface area contributed by atoms with E-state index in [1.54, 1.807) is 18.3 Å². The van der Waals surface area contributed by atoms with E-state index in [1.807, 2.05) is 20.8 Å². The lowest BCUT2D eigenvalue weighted by Crippen LogP contribution is -2.40. The summed E-state index contributed by atoms with van der Waals surface area (Å²) < 4.78 is 0. The van der Waals surface area contributed by atoms with Crippen molar-refractivity contribution >= 4 is 23.3 Å². The average molecular weight is 298 g/mol. The highest BCUT2D eigenvalue weighted by Gasteiger charge is 2.17. The topological polar surface area (TPSA) is 78.4 Å². The molecule has 0 aliphatic heterocycles. The van der Waals surface area contributed by atoms with Crippen LogP contribution in [0, 0.1) is 19.8 Å². The number of carbonyl (C=O) groups excluding carboxylic acids is 1. The number of aryl methyl sites for hydroxylation is 2. The van der Waals surface area contributed by atoms with Gasteiger partial charge in [0.15, 0.2) is 0 Å². The Morgan fingerprint density at radius 3 is 2.50 bits per heavy atom. The lowest BCUT2D eigenvalue weighted by molar-refractivity contribution is -0.141. The molecule has 3 N–H and O–H groups in total. The molecule has 6 heteroatoms. The first-order chi connectivity index (χ1) is 9.35. The fourth-order valence-corrected chi connectivity index (χ4v) is 3.05. The van der Waals surface area contributed by atoms with Gasteiger partial charge in [0, 0.05) is 16.3 Å². The highest BCUT2D eigenvalue weighted by atomic mass is 32.1. The fraction of sp³-hybridized carbons (Fsp3) is 0.571. The van der Waals surface area contributed by atoms with E-state index in [1.165, 1.54) is 9.75 Å². The summed E-state index contributed by atoms with van der Waals surface area (Å²) in [7, 11) is 0. The molecule has 0 radical (unpaired) electrons. The van der Waals surface area contributed by atoms with Gasteiger partial charge in [-0.25, -0.2) is 4.79 Å². The molecule has 5 nitrogen and oxygen atoms in total. The molecule has 0 aliphatic rings. The first kappa shape index (κ1) is 16.5. The summed E-state index contributed by atoms with van der Waals surface area (Å²) in [6.45, 7) is 7.92. The number of urea groups is 1. The summed E-state index contributed by atoms with van der Waals surface area (Å²) in [5.41, 5.74) is 1.10. The molecule has 0 bridgehead atoms. The van der Waals surface area contributed by atoms with Crippen molar-refractivity contribution in [2.75, 3.05) is 6.54 Å². The van der Waals surface area contributed by atoms with Gasteiger partial charge >= 0.3 is 12.0 Å². The first-order valence-electron chi connectivity index (χ1n) is 6.69. The predicted octanol–water partition coefficient (Wildman–Crippen LogP) is 2.84. The molecule has 1 heterocycles. The molecule has 20 heavy (non-hydrogen) atoms. The number of nitrogens with one attached hydrogen (secondary N) is 2. The summed E-state index contributed by atoms with van der Waals surface area (Å²) in [6.07, 6.45) is 0.494. The summed E-state index contributed by atoms with van der Waals surface area (Å²) >= 11 is 1.70. The van der Waals surface area contributed by atoms with Crippen molar-refractivity contribution in [3.05, 3.63) is 21.4 Å². The monoisotopic (exact) mass is 298 g/mol. The molecule has 112 valence electrons. The van der Waals surface area contributed by atoms with E-state index in [2.05, 4.69) is 16.7 Å². The molecule has 0 aromatic carbocycles. The van der Waals surface area contributed by atoms with Crippen LogP contribution in [0.25, 0.3) is 0 Å². The Kier molecular flexibility index (Phi) is 6.01. The third kappa shape index (κ3) is 4.52. The van der Waals surface area contributed by atoms with Gasteiger partial charge in [0.1, 0.15) is 0 Å². The molecule has 0 saturated carbocycles. The van der Waals surface area contributed by atoms with Crippen LogP contribution in [0.2, 0.25) is 0 Å². The third-order valence-electron chi connectivity index (χ3n) is 3.24. The largest absolute Gasteiger partial charge is 0.481 e. The van der Waals surface area contributed by atoms with Crippen molar-refractivity contribution in [3.63, 3.8) is 0 Å². The van der Waals surface area contributed by atoms with Gasteiger partial charge in [-0.1, -0.05) is 6.92 Å². The van der Waals surface area contributed by atoms with Crippen molar-refractivity contribution in [1.82, 2.24) is 10.6 Å². The number of carboxylic acid groups (broad SMARTS) is 1. The van der Waals surface area contributed by atoms with Crippen molar-refractivity contribution in [3.8, 4) is 0 Å². The van der Waals surface area contributed by atoms with E-state index < -0.39 is 11.9 Å². The number of aliphatic carboxylic acids is 1. The number of amides is 2. The van der Waals surface area contributed by atoms with Gasteiger partial charge in [0.2, 0.25) is 0 Å². The van der Waals surface area contributed by atoms with E-state index in [0.29, 0.717) is 6.42 Å². The normalized spacial score (nSPS) is 13.6. The van der Waals surface area contributed by atoms with Crippen LogP contribution in [0.15, 0.2) is 6.07 Å². The zero-order valence-corrected chi connectivity index (χ0v) is 13.1. The van der Waals surface area contributed by atoms with Crippen LogP contribution in [0.3, 0.4) is 0 Å². The summed E-state index contributed by atoms with van der Waals surface area (Å²) in [5, 5.41) is 14.4. The molecule has 1 aromatic heterocycles. The van der Waals surface area contributed by atoms with Crippen LogP contribution in [0.5, 0.6) is 0 Å². The molecule has 0 fully saturated rings. The van der Waals surface area contributed by atoms with Gasteiger partial charge in [-0.15, -0.1) is 11.3 Å². The van der Waals surface area contributed by atoms with Crippen molar-refractivity contribution in [1.29, 1.82) is 0 Å². The van der Waals surface area contributed by atoms with E-state index >= 15 is 0 Å². The molecule has 2 atom stereocenters. The second-order valence-electron chi connectivity index (χ2n) is 4.89. The Morgan fingerprint density at radius 2 is 2.05 bits per heavy atom. The Hall–Kier alpha value is -1.56. The standard InChI is InChI=1S/C14H22N2O3S/c1-5-11(13(17)18)7-15-14(19)16-9(3)12-6-8(2)20-10(12)4/h6,9,11H,5,7H2,1-4H3,(H,17,18)(H2,15,16,19). The second-order valence-corrected chi connectivity index (χ2v) is 6.35. The Balaban J connectivity index is 2.50. The quantitative estimate of drug-likeness (QED) is 0.755. The number of thiophene rings is 1. The number of hydrogen-bond acceptors (Lipinski definition) is 3. The van der Waals surface area contributed by atoms with Crippen LogP contribution in [-0.2, 0) is 4.79 Å². The maximum atomic E-state index is 11.8. The molecule has 2 unspecified atom stereocenters. The van der Waals surface area contributed by atoms with Crippen LogP contribution in [0.4, 0.5) is 4.79 Å². The molecule has 2 amide bonds. The van der Waals surface area contributed by atoms with E-state index in [-0.39, 0.29) is 18.6 Å². The maximum Gasteiger partial charge on any atom is 0.315 e. The minimum atomic E-state index is -0.884. The molecule has 0 aliphatic carbocycles. The van der Waals surface area contributed by atoms with Gasteiger partial charge in [0.05, 0.1) is 12.0 Å². The molecule has 1 aromatic rings. The Labute approximate surface area is 123 Å². The van der Waals surface area contributed by atoms with Crippen LogP contribution in [0.1, 0.15) is 41.6 Å². The average Bonchev–Trinajstić information content (AvgIpc) is 2.68. The minimum Gasteiger partial charge on any atom is -0.481 e. The van der Waals surface area contributed by atoms with Gasteiger partial charge in [-0.2, -0.15) is 0 Å². The zero-order valence-electron chi connectivity index (χ0n) is 12.3. The number of hydrogen-bond donors (Lipinski definition) is 3. The number of carboxylic acids is 1. The second kappa shape index (κ2) is 7.28. The van der Waals surface area contributed by atoms with Crippen molar-refractivity contribution < 1.29 is 14.7 Å². The summed E-state index contributed by atoms with van der Waals surface area (Å²) in [6, 6.07) is 1.64.